The molecule has 3 amide bonds. The van der Waals surface area contributed by atoms with Crippen LogP contribution >= 0.6 is 23.4 Å². The molecule has 0 bridgehead atoms. The zero-order valence-corrected chi connectivity index (χ0v) is 25.7. The molecule has 0 aromatic heterocycles. The number of hydrogen-bond acceptors (Lipinski definition) is 5. The fraction of sp³-hybridized carbons (Fsp3) is 0.121. The van der Waals surface area contributed by atoms with Crippen LogP contribution in [0.4, 0.5) is 30.2 Å². The first-order valence-electron chi connectivity index (χ1n) is 13.5. The van der Waals surface area contributed by atoms with Gasteiger partial charge in [0.25, 0.3) is 11.8 Å². The highest BCUT2D eigenvalue weighted by atomic mass is 35.5. The first-order valence-corrected chi connectivity index (χ1v) is 14.8. The van der Waals surface area contributed by atoms with Crippen molar-refractivity contribution in [1.29, 1.82) is 0 Å². The lowest BCUT2D eigenvalue weighted by molar-refractivity contribution is -0.137. The van der Waals surface area contributed by atoms with Crippen LogP contribution in [0.5, 0.6) is 0 Å². The first-order chi connectivity index (χ1) is 21.4. The maximum atomic E-state index is 13.3. The number of hydrogen-bond donors (Lipinski definition) is 3. The molecule has 0 saturated carbocycles. The van der Waals surface area contributed by atoms with Crippen molar-refractivity contribution < 1.29 is 27.6 Å². The average Bonchev–Trinajstić information content (AvgIpc) is 3.01. The molecular weight excluding hydrogens is 625 g/mol. The Balaban J connectivity index is 1.42. The predicted molar refractivity (Wildman–Crippen MR) is 174 cm³/mol. The molecule has 232 valence electrons. The van der Waals surface area contributed by atoms with Crippen molar-refractivity contribution in [3.63, 3.8) is 0 Å². The number of amides is 3. The number of benzene rings is 4. The van der Waals surface area contributed by atoms with Crippen LogP contribution in [0.15, 0.2) is 108 Å². The molecule has 0 radical (unpaired) electrons. The molecule has 0 aliphatic rings. The van der Waals surface area contributed by atoms with Crippen molar-refractivity contribution in [3.8, 4) is 0 Å². The molecule has 7 nitrogen and oxygen atoms in total. The standard InChI is InChI=1S/C33H28ClF3N4O3S/c1-41(2)25-13-8-21(9-14-25)18-29(40-31(43)22-6-4-3-5-7-22)32(44)38-24-11-15-26(16-12-24)45-20-30(42)39-28-17-10-23(34)19-27(28)33(35,36)37/h3-19H,20H2,1-2H3,(H,38,44)(H,39,42)(H,40,43)/b29-18-. The highest BCUT2D eigenvalue weighted by Gasteiger charge is 2.34. The number of nitrogens with one attached hydrogen (secondary N) is 3. The van der Waals surface area contributed by atoms with E-state index in [2.05, 4.69) is 16.0 Å². The monoisotopic (exact) mass is 652 g/mol. The van der Waals surface area contributed by atoms with Crippen LogP contribution in [0.2, 0.25) is 5.02 Å². The smallest absolute Gasteiger partial charge is 0.378 e. The molecule has 0 unspecified atom stereocenters. The summed E-state index contributed by atoms with van der Waals surface area (Å²) in [6.07, 6.45) is -3.11. The van der Waals surface area contributed by atoms with Gasteiger partial charge in [-0.05, 0) is 78.4 Å². The second kappa shape index (κ2) is 14.8. The number of thioether (sulfide) groups is 1. The Hall–Kier alpha value is -4.74. The Morgan fingerprint density at radius 3 is 2.16 bits per heavy atom. The Labute approximate surface area is 267 Å². The van der Waals surface area contributed by atoms with Gasteiger partial charge in [0.05, 0.1) is 17.0 Å². The molecule has 0 aliphatic carbocycles. The van der Waals surface area contributed by atoms with Crippen LogP contribution in [0, 0.1) is 0 Å². The van der Waals surface area contributed by atoms with E-state index in [1.807, 2.05) is 43.3 Å². The summed E-state index contributed by atoms with van der Waals surface area (Å²) in [5.41, 5.74) is 1.09. The summed E-state index contributed by atoms with van der Waals surface area (Å²) in [6.45, 7) is 0. The van der Waals surface area contributed by atoms with E-state index in [1.165, 1.54) is 6.07 Å². The number of carbonyl (C=O) groups is 3. The van der Waals surface area contributed by atoms with Crippen LogP contribution in [-0.4, -0.2) is 37.6 Å². The second-order valence-corrected chi connectivity index (χ2v) is 11.4. The van der Waals surface area contributed by atoms with E-state index in [1.54, 1.807) is 60.7 Å². The zero-order valence-electron chi connectivity index (χ0n) is 24.1. The second-order valence-electron chi connectivity index (χ2n) is 9.87. The normalized spacial score (nSPS) is 11.5. The third-order valence-corrected chi connectivity index (χ3v) is 7.54. The summed E-state index contributed by atoms with van der Waals surface area (Å²) in [6, 6.07) is 25.6. The highest BCUT2D eigenvalue weighted by Crippen LogP contribution is 2.36. The van der Waals surface area contributed by atoms with Gasteiger partial charge in [-0.1, -0.05) is 41.9 Å². The topological polar surface area (TPSA) is 90.5 Å². The zero-order chi connectivity index (χ0) is 32.6. The fourth-order valence-corrected chi connectivity index (χ4v) is 4.88. The summed E-state index contributed by atoms with van der Waals surface area (Å²) in [4.78, 5) is 41.2. The van der Waals surface area contributed by atoms with E-state index in [0.717, 1.165) is 29.6 Å². The van der Waals surface area contributed by atoms with Crippen LogP contribution in [0.3, 0.4) is 0 Å². The number of alkyl halides is 3. The van der Waals surface area contributed by atoms with Crippen LogP contribution in [0.25, 0.3) is 6.08 Å². The molecule has 0 atom stereocenters. The van der Waals surface area contributed by atoms with Gasteiger partial charge in [0, 0.05) is 41.0 Å². The summed E-state index contributed by atoms with van der Waals surface area (Å²) in [7, 11) is 3.83. The molecule has 0 aliphatic heterocycles. The Kier molecular flexibility index (Phi) is 10.9. The average molecular weight is 653 g/mol. The predicted octanol–water partition coefficient (Wildman–Crippen LogP) is 7.57. The van der Waals surface area contributed by atoms with Gasteiger partial charge in [0.15, 0.2) is 0 Å². The minimum Gasteiger partial charge on any atom is -0.378 e. The summed E-state index contributed by atoms with van der Waals surface area (Å²) < 4.78 is 40.0. The molecular formula is C33H28ClF3N4O3S. The Morgan fingerprint density at radius 2 is 1.53 bits per heavy atom. The lowest BCUT2D eigenvalue weighted by atomic mass is 10.1. The van der Waals surface area contributed by atoms with E-state index >= 15 is 0 Å². The fourth-order valence-electron chi connectivity index (χ4n) is 4.01. The van der Waals surface area contributed by atoms with Crippen LogP contribution in [0.1, 0.15) is 21.5 Å². The van der Waals surface area contributed by atoms with E-state index < -0.39 is 29.5 Å². The quantitative estimate of drug-likeness (QED) is 0.122. The number of carbonyl (C=O) groups excluding carboxylic acids is 3. The minimum atomic E-state index is -4.68. The van der Waals surface area contributed by atoms with Gasteiger partial charge in [0.2, 0.25) is 5.91 Å². The first kappa shape index (κ1) is 33.2. The van der Waals surface area contributed by atoms with Crippen LogP contribution < -0.4 is 20.9 Å². The van der Waals surface area contributed by atoms with Gasteiger partial charge < -0.3 is 20.9 Å². The molecule has 4 aromatic carbocycles. The number of nitrogens with zero attached hydrogens (tertiary/aromatic N) is 1. The van der Waals surface area contributed by atoms with Gasteiger partial charge in [-0.15, -0.1) is 11.8 Å². The summed E-state index contributed by atoms with van der Waals surface area (Å²) >= 11 is 6.80. The van der Waals surface area contributed by atoms with Crippen molar-refractivity contribution in [1.82, 2.24) is 5.32 Å². The maximum absolute atomic E-state index is 13.3. The highest BCUT2D eigenvalue weighted by molar-refractivity contribution is 8.00. The van der Waals surface area contributed by atoms with E-state index in [0.29, 0.717) is 21.7 Å². The van der Waals surface area contributed by atoms with Crippen molar-refractivity contribution in [2.24, 2.45) is 0 Å². The third-order valence-electron chi connectivity index (χ3n) is 6.29. The van der Waals surface area contributed by atoms with Gasteiger partial charge in [-0.2, -0.15) is 13.2 Å². The molecule has 0 heterocycles. The largest absolute Gasteiger partial charge is 0.418 e. The van der Waals surface area contributed by atoms with E-state index in [4.69, 9.17) is 11.6 Å². The summed E-state index contributed by atoms with van der Waals surface area (Å²) in [5.74, 6) is -1.80. The van der Waals surface area contributed by atoms with Gasteiger partial charge in [0.1, 0.15) is 5.70 Å². The molecule has 4 aromatic rings. The van der Waals surface area contributed by atoms with Crippen LogP contribution in [-0.2, 0) is 15.8 Å². The molecule has 0 spiro atoms. The molecule has 12 heteroatoms. The molecule has 4 rings (SSSR count). The molecule has 0 saturated heterocycles. The molecule has 45 heavy (non-hydrogen) atoms. The Bertz CT molecular complexity index is 1700. The van der Waals surface area contributed by atoms with Gasteiger partial charge >= 0.3 is 6.18 Å². The van der Waals surface area contributed by atoms with E-state index in [-0.39, 0.29) is 22.2 Å². The summed E-state index contributed by atoms with van der Waals surface area (Å²) in [5, 5.41) is 7.64. The SMILES string of the molecule is CN(C)c1ccc(/C=C(\NC(=O)c2ccccc2)C(=O)Nc2ccc(SCC(=O)Nc3ccc(Cl)cc3C(F)(F)F)cc2)cc1. The third kappa shape index (κ3) is 9.62. The minimum absolute atomic E-state index is 0.0250. The maximum Gasteiger partial charge on any atom is 0.418 e. The molecule has 0 fully saturated rings. The molecule has 3 N–H and O–H groups in total. The van der Waals surface area contributed by atoms with Crippen molar-refractivity contribution >= 4 is 64.2 Å². The number of rotatable bonds is 10. The lowest BCUT2D eigenvalue weighted by Gasteiger charge is -2.14. The lowest BCUT2D eigenvalue weighted by Crippen LogP contribution is -2.30. The van der Waals surface area contributed by atoms with Crippen molar-refractivity contribution in [2.75, 3.05) is 35.4 Å². The van der Waals surface area contributed by atoms with E-state index in [9.17, 15) is 27.6 Å². The van der Waals surface area contributed by atoms with Gasteiger partial charge in [-0.25, -0.2) is 0 Å². The van der Waals surface area contributed by atoms with Gasteiger partial charge in [-0.3, -0.25) is 14.4 Å². The van der Waals surface area contributed by atoms with Crippen molar-refractivity contribution in [2.45, 2.75) is 11.1 Å². The number of halogens is 4. The van der Waals surface area contributed by atoms with Crippen molar-refractivity contribution in [3.05, 3.63) is 124 Å². The number of anilines is 3. The Morgan fingerprint density at radius 1 is 0.867 bits per heavy atom.